The molecular formula is C14H14N6O2. The van der Waals surface area contributed by atoms with E-state index in [2.05, 4.69) is 9.97 Å². The second-order valence-corrected chi connectivity index (χ2v) is 4.76. The molecule has 22 heavy (non-hydrogen) atoms. The maximum absolute atomic E-state index is 9.00. The minimum Gasteiger partial charge on any atom is -0.420 e. The highest BCUT2D eigenvalue weighted by Crippen LogP contribution is 2.23. The van der Waals surface area contributed by atoms with E-state index in [0.29, 0.717) is 11.8 Å². The Labute approximate surface area is 127 Å². The van der Waals surface area contributed by atoms with Crippen LogP contribution in [0.15, 0.2) is 8.83 Å². The quantitative estimate of drug-likeness (QED) is 0.839. The molecule has 0 unspecified atom stereocenters. The van der Waals surface area contributed by atoms with Crippen molar-refractivity contribution in [2.75, 3.05) is 38.0 Å². The second-order valence-electron chi connectivity index (χ2n) is 4.76. The van der Waals surface area contributed by atoms with Crippen molar-refractivity contribution in [3.63, 3.8) is 0 Å². The molecular weight excluding hydrogens is 284 g/mol. The van der Waals surface area contributed by atoms with Crippen molar-refractivity contribution in [1.82, 2.24) is 9.97 Å². The lowest BCUT2D eigenvalue weighted by Crippen LogP contribution is -2.08. The van der Waals surface area contributed by atoms with Gasteiger partial charge in [-0.2, -0.15) is 20.5 Å². The molecule has 0 radical (unpaired) electrons. The molecule has 0 fully saturated rings. The van der Waals surface area contributed by atoms with Crippen molar-refractivity contribution in [2.45, 2.75) is 0 Å². The van der Waals surface area contributed by atoms with Crippen molar-refractivity contribution in [2.24, 2.45) is 0 Å². The standard InChI is InChI=1S/C14H14N6O2/c1-19(2)13-9(7-15)17-11(21-13)5-6-12-18-10(8-16)14(22-12)20(3)4/h5-6H,1-4H3. The molecule has 2 rings (SSSR count). The van der Waals surface area contributed by atoms with Gasteiger partial charge >= 0.3 is 0 Å². The van der Waals surface area contributed by atoms with Gasteiger partial charge in [-0.15, -0.1) is 0 Å². The summed E-state index contributed by atoms with van der Waals surface area (Å²) in [5, 5.41) is 18.0. The van der Waals surface area contributed by atoms with Crippen molar-refractivity contribution in [1.29, 1.82) is 10.5 Å². The van der Waals surface area contributed by atoms with Gasteiger partial charge in [-0.3, -0.25) is 0 Å². The Balaban J connectivity index is 2.30. The summed E-state index contributed by atoms with van der Waals surface area (Å²) in [6.07, 6.45) is 3.06. The molecule has 0 aliphatic carbocycles. The van der Waals surface area contributed by atoms with Crippen molar-refractivity contribution < 1.29 is 8.83 Å². The van der Waals surface area contributed by atoms with Crippen LogP contribution < -0.4 is 9.80 Å². The predicted octanol–water partition coefficient (Wildman–Crippen LogP) is 1.71. The molecule has 2 aromatic rings. The molecule has 0 amide bonds. The van der Waals surface area contributed by atoms with E-state index < -0.39 is 0 Å². The zero-order valence-corrected chi connectivity index (χ0v) is 12.7. The van der Waals surface area contributed by atoms with Crippen molar-refractivity contribution >= 4 is 23.9 Å². The van der Waals surface area contributed by atoms with E-state index in [1.54, 1.807) is 38.0 Å². The van der Waals surface area contributed by atoms with E-state index in [4.69, 9.17) is 19.4 Å². The third-order valence-electron chi connectivity index (χ3n) is 2.64. The molecule has 8 nitrogen and oxygen atoms in total. The van der Waals surface area contributed by atoms with Gasteiger partial charge in [0.25, 0.3) is 0 Å². The number of anilines is 2. The molecule has 0 aliphatic rings. The van der Waals surface area contributed by atoms with Gasteiger partial charge in [0.1, 0.15) is 12.1 Å². The third kappa shape index (κ3) is 2.91. The van der Waals surface area contributed by atoms with Gasteiger partial charge in [-0.05, 0) is 0 Å². The average Bonchev–Trinajstić information content (AvgIpc) is 3.08. The average molecular weight is 298 g/mol. The smallest absolute Gasteiger partial charge is 0.234 e. The van der Waals surface area contributed by atoms with E-state index in [-0.39, 0.29) is 23.2 Å². The van der Waals surface area contributed by atoms with E-state index in [0.717, 1.165) is 0 Å². The summed E-state index contributed by atoms with van der Waals surface area (Å²) in [7, 11) is 7.02. The van der Waals surface area contributed by atoms with Gasteiger partial charge in [0, 0.05) is 40.3 Å². The lowest BCUT2D eigenvalue weighted by atomic mass is 10.4. The van der Waals surface area contributed by atoms with Crippen LogP contribution in [0.3, 0.4) is 0 Å². The van der Waals surface area contributed by atoms with Crippen molar-refractivity contribution in [3.05, 3.63) is 23.2 Å². The molecule has 0 saturated carbocycles. The molecule has 8 heteroatoms. The lowest BCUT2D eigenvalue weighted by Gasteiger charge is -2.05. The fraction of sp³-hybridized carbons (Fsp3) is 0.286. The molecule has 112 valence electrons. The zero-order chi connectivity index (χ0) is 16.3. The first-order valence-corrected chi connectivity index (χ1v) is 6.30. The summed E-state index contributed by atoms with van der Waals surface area (Å²) in [5.74, 6) is 1.26. The number of hydrogen-bond acceptors (Lipinski definition) is 8. The van der Waals surface area contributed by atoms with Crippen LogP contribution in [0.5, 0.6) is 0 Å². The topological polar surface area (TPSA) is 106 Å². The minimum absolute atomic E-state index is 0.198. The summed E-state index contributed by atoms with van der Waals surface area (Å²) < 4.78 is 10.9. The van der Waals surface area contributed by atoms with Crippen molar-refractivity contribution in [3.8, 4) is 12.1 Å². The molecule has 0 spiro atoms. The Morgan fingerprint density at radius 1 is 0.818 bits per heavy atom. The molecule has 0 saturated heterocycles. The van der Waals surface area contributed by atoms with E-state index in [1.807, 2.05) is 12.1 Å². The molecule has 2 heterocycles. The highest BCUT2D eigenvalue weighted by molar-refractivity contribution is 5.65. The van der Waals surface area contributed by atoms with Crippen LogP contribution in [-0.2, 0) is 0 Å². The first-order valence-electron chi connectivity index (χ1n) is 6.30. The van der Waals surface area contributed by atoms with Crippen LogP contribution in [0, 0.1) is 22.7 Å². The number of nitriles is 2. The number of hydrogen-bond donors (Lipinski definition) is 0. The van der Waals surface area contributed by atoms with Gasteiger partial charge in [-0.25, -0.2) is 0 Å². The number of aromatic nitrogens is 2. The summed E-state index contributed by atoms with van der Waals surface area (Å²) in [6, 6.07) is 3.93. The van der Waals surface area contributed by atoms with Crippen LogP contribution in [0.1, 0.15) is 23.2 Å². The summed E-state index contributed by atoms with van der Waals surface area (Å²) in [4.78, 5) is 11.4. The highest BCUT2D eigenvalue weighted by atomic mass is 16.4. The zero-order valence-electron chi connectivity index (χ0n) is 12.7. The maximum Gasteiger partial charge on any atom is 0.234 e. The van der Waals surface area contributed by atoms with Crippen LogP contribution in [-0.4, -0.2) is 38.2 Å². The van der Waals surface area contributed by atoms with Gasteiger partial charge < -0.3 is 18.6 Å². The first-order chi connectivity index (χ1) is 10.5. The van der Waals surface area contributed by atoms with Gasteiger partial charge in [0.15, 0.2) is 0 Å². The van der Waals surface area contributed by atoms with Crippen LogP contribution in [0.25, 0.3) is 12.2 Å². The molecule has 2 aromatic heterocycles. The number of oxazole rings is 2. The fourth-order valence-corrected chi connectivity index (χ4v) is 1.69. The van der Waals surface area contributed by atoms with Crippen LogP contribution in [0.4, 0.5) is 11.8 Å². The van der Waals surface area contributed by atoms with Gasteiger partial charge in [0.05, 0.1) is 0 Å². The Kier molecular flexibility index (Phi) is 4.14. The largest absolute Gasteiger partial charge is 0.420 e. The van der Waals surface area contributed by atoms with Crippen LogP contribution in [0.2, 0.25) is 0 Å². The predicted molar refractivity (Wildman–Crippen MR) is 80.0 cm³/mol. The molecule has 0 N–H and O–H groups in total. The third-order valence-corrected chi connectivity index (χ3v) is 2.64. The summed E-state index contributed by atoms with van der Waals surface area (Å²) >= 11 is 0. The maximum atomic E-state index is 9.00. The SMILES string of the molecule is CN(C)c1oc(C=Cc2nc(C#N)c(N(C)C)o2)nc1C#N. The Hall–Kier alpha value is -3.26. The lowest BCUT2D eigenvalue weighted by molar-refractivity contribution is 0.540. The Morgan fingerprint density at radius 2 is 1.18 bits per heavy atom. The monoisotopic (exact) mass is 298 g/mol. The molecule has 0 aliphatic heterocycles. The van der Waals surface area contributed by atoms with E-state index in [9.17, 15) is 0 Å². The molecule has 0 aromatic carbocycles. The van der Waals surface area contributed by atoms with E-state index in [1.165, 1.54) is 12.2 Å². The highest BCUT2D eigenvalue weighted by Gasteiger charge is 2.15. The minimum atomic E-state index is 0.198. The van der Waals surface area contributed by atoms with Crippen LogP contribution >= 0.6 is 0 Å². The summed E-state index contributed by atoms with van der Waals surface area (Å²) in [5.41, 5.74) is 0.396. The Bertz CT molecular complexity index is 719. The van der Waals surface area contributed by atoms with Gasteiger partial charge in [0.2, 0.25) is 34.9 Å². The Morgan fingerprint density at radius 3 is 1.41 bits per heavy atom. The molecule has 0 atom stereocenters. The number of rotatable bonds is 4. The van der Waals surface area contributed by atoms with Gasteiger partial charge in [-0.1, -0.05) is 0 Å². The summed E-state index contributed by atoms with van der Waals surface area (Å²) in [6.45, 7) is 0. The second kappa shape index (κ2) is 6.02. The fourth-order valence-electron chi connectivity index (χ4n) is 1.69. The molecule has 0 bridgehead atoms. The van der Waals surface area contributed by atoms with E-state index >= 15 is 0 Å². The number of nitrogens with zero attached hydrogens (tertiary/aromatic N) is 6. The normalized spacial score (nSPS) is 10.5. The first kappa shape index (κ1) is 15.1.